The van der Waals surface area contributed by atoms with Gasteiger partial charge in [0.05, 0.1) is 26.8 Å². The van der Waals surface area contributed by atoms with E-state index in [0.29, 0.717) is 12.6 Å². The second-order valence-electron chi connectivity index (χ2n) is 7.40. The van der Waals surface area contributed by atoms with Gasteiger partial charge < -0.3 is 20.1 Å². The Kier molecular flexibility index (Phi) is 10.9. The fourth-order valence-electron chi connectivity index (χ4n) is 3.96. The van der Waals surface area contributed by atoms with E-state index in [4.69, 9.17) is 14.5 Å². The highest BCUT2D eigenvalue weighted by Crippen LogP contribution is 2.31. The number of benzene rings is 2. The van der Waals surface area contributed by atoms with Crippen LogP contribution < -0.4 is 20.1 Å². The number of para-hydroxylation sites is 1. The number of ether oxygens (including phenoxy) is 2. The van der Waals surface area contributed by atoms with Crippen LogP contribution in [0.15, 0.2) is 53.5 Å². The molecule has 1 atom stereocenters. The molecule has 2 aromatic carbocycles. The third-order valence-corrected chi connectivity index (χ3v) is 5.46. The number of guanidine groups is 1. The molecule has 0 aromatic heterocycles. The van der Waals surface area contributed by atoms with Crippen LogP contribution in [0.5, 0.6) is 11.5 Å². The summed E-state index contributed by atoms with van der Waals surface area (Å²) in [6.45, 7) is 6.51. The molecule has 0 radical (unpaired) electrons. The van der Waals surface area contributed by atoms with Crippen molar-refractivity contribution in [3.63, 3.8) is 0 Å². The first-order chi connectivity index (χ1) is 14.8. The van der Waals surface area contributed by atoms with Crippen molar-refractivity contribution < 1.29 is 9.47 Å². The average molecular weight is 538 g/mol. The minimum Gasteiger partial charge on any atom is -0.493 e. The molecule has 2 aromatic rings. The zero-order valence-corrected chi connectivity index (χ0v) is 21.1. The van der Waals surface area contributed by atoms with Gasteiger partial charge in [0.1, 0.15) is 0 Å². The van der Waals surface area contributed by atoms with Gasteiger partial charge in [0, 0.05) is 18.7 Å². The van der Waals surface area contributed by atoms with Crippen molar-refractivity contribution in [3.05, 3.63) is 59.7 Å². The summed E-state index contributed by atoms with van der Waals surface area (Å²) < 4.78 is 10.9. The second-order valence-corrected chi connectivity index (χ2v) is 7.40. The summed E-state index contributed by atoms with van der Waals surface area (Å²) in [5.41, 5.74) is 2.34. The van der Waals surface area contributed by atoms with Crippen molar-refractivity contribution in [2.45, 2.75) is 32.4 Å². The highest BCUT2D eigenvalue weighted by Gasteiger charge is 2.23. The quantitative estimate of drug-likeness (QED) is 0.285. The van der Waals surface area contributed by atoms with Gasteiger partial charge in [-0.3, -0.25) is 4.90 Å². The summed E-state index contributed by atoms with van der Waals surface area (Å²) >= 11 is 0. The average Bonchev–Trinajstić information content (AvgIpc) is 3.32. The number of rotatable bonds is 9. The fourth-order valence-corrected chi connectivity index (χ4v) is 3.96. The third kappa shape index (κ3) is 7.00. The standard InChI is InChI=1S/C24H34N4O2.HI/c1-4-25-24(26-17-20-13-10-14-22(29-2)23(20)30-3)27-18-21(28-15-8-9-16-28)19-11-6-5-7-12-19;/h5-7,10-14,21H,4,8-9,15-18H2,1-3H3,(H2,25,26,27);1H. The Hall–Kier alpha value is -2.00. The first-order valence-electron chi connectivity index (χ1n) is 10.8. The van der Waals surface area contributed by atoms with E-state index < -0.39 is 0 Å². The molecule has 1 fully saturated rings. The molecule has 0 spiro atoms. The SMILES string of the molecule is CCNC(=NCc1cccc(OC)c1OC)NCC(c1ccccc1)N1CCCC1.I. The van der Waals surface area contributed by atoms with Crippen molar-refractivity contribution in [2.24, 2.45) is 4.99 Å². The lowest BCUT2D eigenvalue weighted by atomic mass is 10.1. The molecular weight excluding hydrogens is 503 g/mol. The Labute approximate surface area is 203 Å². The molecule has 6 nitrogen and oxygen atoms in total. The van der Waals surface area contributed by atoms with Crippen molar-refractivity contribution in [3.8, 4) is 11.5 Å². The maximum Gasteiger partial charge on any atom is 0.191 e. The fraction of sp³-hybridized carbons (Fsp3) is 0.458. The van der Waals surface area contributed by atoms with Gasteiger partial charge in [-0.2, -0.15) is 0 Å². The highest BCUT2D eigenvalue weighted by atomic mass is 127. The topological polar surface area (TPSA) is 58.1 Å². The van der Waals surface area contributed by atoms with Crippen molar-refractivity contribution >= 4 is 29.9 Å². The number of nitrogens with zero attached hydrogens (tertiary/aromatic N) is 2. The molecule has 0 bridgehead atoms. The Morgan fingerprint density at radius 3 is 2.39 bits per heavy atom. The third-order valence-electron chi connectivity index (χ3n) is 5.46. The molecule has 0 saturated carbocycles. The number of hydrogen-bond acceptors (Lipinski definition) is 4. The van der Waals surface area contributed by atoms with Gasteiger partial charge in [-0.25, -0.2) is 4.99 Å². The summed E-state index contributed by atoms with van der Waals surface area (Å²) in [4.78, 5) is 7.37. The largest absolute Gasteiger partial charge is 0.493 e. The van der Waals surface area contributed by atoms with Crippen LogP contribution in [0.2, 0.25) is 0 Å². The molecule has 1 saturated heterocycles. The number of likely N-dealkylation sites (tertiary alicyclic amines) is 1. The van der Waals surface area contributed by atoms with Crippen LogP contribution in [0.3, 0.4) is 0 Å². The van der Waals surface area contributed by atoms with Crippen LogP contribution in [0.1, 0.15) is 36.9 Å². The van der Waals surface area contributed by atoms with Crippen molar-refractivity contribution in [2.75, 3.05) is 40.4 Å². The molecular formula is C24H35IN4O2. The van der Waals surface area contributed by atoms with Crippen LogP contribution in [-0.2, 0) is 6.54 Å². The number of methoxy groups -OCH3 is 2. The van der Waals surface area contributed by atoms with Gasteiger partial charge >= 0.3 is 0 Å². The first-order valence-corrected chi connectivity index (χ1v) is 10.8. The van der Waals surface area contributed by atoms with Gasteiger partial charge in [0.25, 0.3) is 0 Å². The Morgan fingerprint density at radius 2 is 1.74 bits per heavy atom. The van der Waals surface area contributed by atoms with Crippen LogP contribution in [0.4, 0.5) is 0 Å². The molecule has 1 aliphatic rings. The molecule has 1 aliphatic heterocycles. The van der Waals surface area contributed by atoms with Gasteiger partial charge in [0.15, 0.2) is 17.5 Å². The lowest BCUT2D eigenvalue weighted by Crippen LogP contribution is -2.42. The lowest BCUT2D eigenvalue weighted by molar-refractivity contribution is 0.245. The molecule has 7 heteroatoms. The zero-order chi connectivity index (χ0) is 21.2. The minimum atomic E-state index is 0. The van der Waals surface area contributed by atoms with Gasteiger partial charge in [-0.15, -0.1) is 24.0 Å². The summed E-state index contributed by atoms with van der Waals surface area (Å²) in [5.74, 6) is 2.27. The summed E-state index contributed by atoms with van der Waals surface area (Å²) in [5, 5.41) is 6.92. The molecule has 0 aliphatic carbocycles. The van der Waals surface area contributed by atoms with E-state index in [1.165, 1.54) is 18.4 Å². The van der Waals surface area contributed by atoms with Crippen LogP contribution >= 0.6 is 24.0 Å². The van der Waals surface area contributed by atoms with E-state index in [1.54, 1.807) is 14.2 Å². The molecule has 0 amide bonds. The minimum absolute atomic E-state index is 0. The lowest BCUT2D eigenvalue weighted by Gasteiger charge is -2.29. The molecule has 3 rings (SSSR count). The Balaban J connectivity index is 0.00000341. The number of hydrogen-bond donors (Lipinski definition) is 2. The normalized spacial score (nSPS) is 15.1. The van der Waals surface area contributed by atoms with E-state index in [1.807, 2.05) is 18.2 Å². The molecule has 170 valence electrons. The Bertz CT molecular complexity index is 810. The van der Waals surface area contributed by atoms with Crippen LogP contribution in [-0.4, -0.2) is 51.3 Å². The van der Waals surface area contributed by atoms with Gasteiger partial charge in [-0.1, -0.05) is 42.5 Å². The van der Waals surface area contributed by atoms with E-state index in [2.05, 4.69) is 52.8 Å². The predicted molar refractivity (Wildman–Crippen MR) is 138 cm³/mol. The number of nitrogens with one attached hydrogen (secondary N) is 2. The van der Waals surface area contributed by atoms with Crippen molar-refractivity contribution in [1.29, 1.82) is 0 Å². The molecule has 1 heterocycles. The van der Waals surface area contributed by atoms with Gasteiger partial charge in [-0.05, 0) is 44.5 Å². The van der Waals surface area contributed by atoms with Crippen LogP contribution in [0, 0.1) is 0 Å². The van der Waals surface area contributed by atoms with E-state index in [-0.39, 0.29) is 24.0 Å². The summed E-state index contributed by atoms with van der Waals surface area (Å²) in [6, 6.07) is 17.0. The van der Waals surface area contributed by atoms with Crippen LogP contribution in [0.25, 0.3) is 0 Å². The molecule has 2 N–H and O–H groups in total. The van der Waals surface area contributed by atoms with E-state index in [9.17, 15) is 0 Å². The van der Waals surface area contributed by atoms with Gasteiger partial charge in [0.2, 0.25) is 0 Å². The predicted octanol–water partition coefficient (Wildman–Crippen LogP) is 4.21. The monoisotopic (exact) mass is 538 g/mol. The van der Waals surface area contributed by atoms with Crippen molar-refractivity contribution in [1.82, 2.24) is 15.5 Å². The maximum absolute atomic E-state index is 5.54. The summed E-state index contributed by atoms with van der Waals surface area (Å²) in [6.07, 6.45) is 2.54. The van der Waals surface area contributed by atoms with E-state index in [0.717, 1.165) is 49.2 Å². The first kappa shape index (κ1) is 25.3. The number of aliphatic imine (C=N–C) groups is 1. The highest BCUT2D eigenvalue weighted by molar-refractivity contribution is 14.0. The Morgan fingerprint density at radius 1 is 1.00 bits per heavy atom. The molecule has 31 heavy (non-hydrogen) atoms. The smallest absolute Gasteiger partial charge is 0.191 e. The zero-order valence-electron chi connectivity index (χ0n) is 18.8. The maximum atomic E-state index is 5.54. The number of halogens is 1. The molecule has 1 unspecified atom stereocenters. The summed E-state index contributed by atoms with van der Waals surface area (Å²) in [7, 11) is 3.31. The van der Waals surface area contributed by atoms with E-state index >= 15 is 0 Å². The second kappa shape index (κ2) is 13.4.